The van der Waals surface area contributed by atoms with Gasteiger partial charge in [-0.25, -0.2) is 4.79 Å². The molecule has 2 saturated carbocycles. The largest absolute Gasteiger partial charge is 0.456 e. The summed E-state index contributed by atoms with van der Waals surface area (Å²) in [5, 5.41) is 32.5. The number of ether oxygens (including phenoxy) is 1. The number of nitro benzene ring substituents is 1. The Kier molecular flexibility index (Phi) is 4.31. The molecule has 0 bridgehead atoms. The lowest BCUT2D eigenvalue weighted by Gasteiger charge is -2.53. The maximum atomic E-state index is 12.3. The van der Waals surface area contributed by atoms with Crippen LogP contribution in [0.3, 0.4) is 0 Å². The van der Waals surface area contributed by atoms with Crippen LogP contribution in [0.15, 0.2) is 24.3 Å². The summed E-state index contributed by atoms with van der Waals surface area (Å²) < 4.78 is 5.50. The summed E-state index contributed by atoms with van der Waals surface area (Å²) in [6.45, 7) is 0. The van der Waals surface area contributed by atoms with Gasteiger partial charge in [0, 0.05) is 12.1 Å². The summed E-state index contributed by atoms with van der Waals surface area (Å²) in [4.78, 5) is 22.5. The molecule has 2 fully saturated rings. The molecule has 1 aromatic rings. The number of hydrogen-bond acceptors (Lipinski definition) is 6. The van der Waals surface area contributed by atoms with Gasteiger partial charge in [-0.3, -0.25) is 10.1 Å². The van der Waals surface area contributed by atoms with Gasteiger partial charge in [0.15, 0.2) is 0 Å². The van der Waals surface area contributed by atoms with Crippen molar-refractivity contribution in [3.63, 3.8) is 0 Å². The lowest BCUT2D eigenvalue weighted by Crippen LogP contribution is -2.65. The zero-order valence-corrected chi connectivity index (χ0v) is 13.3. The smallest absolute Gasteiger partial charge is 0.338 e. The number of nitrogens with zero attached hydrogens (tertiary/aromatic N) is 1. The maximum Gasteiger partial charge on any atom is 0.338 e. The highest BCUT2D eigenvalue weighted by atomic mass is 16.6. The number of nitro groups is 1. The Labute approximate surface area is 139 Å². The highest BCUT2D eigenvalue weighted by molar-refractivity contribution is 5.89. The summed E-state index contributed by atoms with van der Waals surface area (Å²) in [5.74, 6) is -0.641. The molecule has 0 amide bonds. The Morgan fingerprint density at radius 1 is 1.12 bits per heavy atom. The van der Waals surface area contributed by atoms with E-state index in [1.165, 1.54) is 24.3 Å². The van der Waals surface area contributed by atoms with Gasteiger partial charge in [0.25, 0.3) is 5.69 Å². The van der Waals surface area contributed by atoms with E-state index >= 15 is 0 Å². The van der Waals surface area contributed by atoms with Crippen molar-refractivity contribution in [3.05, 3.63) is 39.9 Å². The molecule has 0 radical (unpaired) electrons. The van der Waals surface area contributed by atoms with Gasteiger partial charge >= 0.3 is 5.97 Å². The Morgan fingerprint density at radius 2 is 1.75 bits per heavy atom. The Bertz CT molecular complexity index is 641. The van der Waals surface area contributed by atoms with Crippen molar-refractivity contribution in [3.8, 4) is 0 Å². The Morgan fingerprint density at radius 3 is 2.42 bits per heavy atom. The zero-order chi connectivity index (χ0) is 17.4. The standard InChI is InChI=1S/C17H21NO6/c19-15(12-5-7-13(8-6-12)18(22)23)24-14-4-3-10-16(20)9-1-2-11-17(14,16)21/h5-8,14,20-21H,1-4,9-11H2/t14-,16-,17+/m1/s1. The number of rotatable bonds is 3. The van der Waals surface area contributed by atoms with Crippen LogP contribution >= 0.6 is 0 Å². The second-order valence-corrected chi connectivity index (χ2v) is 6.75. The van der Waals surface area contributed by atoms with E-state index in [0.29, 0.717) is 32.1 Å². The SMILES string of the molecule is O=C(O[C@@H]1CCC[C@]2(O)CCCC[C@]12O)c1ccc([N+](=O)[O-])cc1. The maximum absolute atomic E-state index is 12.3. The van der Waals surface area contributed by atoms with E-state index in [2.05, 4.69) is 0 Å². The number of non-ortho nitro benzene ring substituents is 1. The van der Waals surface area contributed by atoms with Gasteiger partial charge in [-0.2, -0.15) is 0 Å². The third-order valence-corrected chi connectivity index (χ3v) is 5.36. The van der Waals surface area contributed by atoms with Crippen molar-refractivity contribution in [2.75, 3.05) is 0 Å². The number of aliphatic hydroxyl groups is 2. The van der Waals surface area contributed by atoms with E-state index in [9.17, 15) is 25.1 Å². The van der Waals surface area contributed by atoms with Crippen LogP contribution in [0.2, 0.25) is 0 Å². The molecule has 0 spiro atoms. The first kappa shape index (κ1) is 16.9. The zero-order valence-electron chi connectivity index (χ0n) is 13.3. The van der Waals surface area contributed by atoms with E-state index in [1.807, 2.05) is 0 Å². The molecule has 0 aromatic heterocycles. The van der Waals surface area contributed by atoms with Gasteiger partial charge in [0.1, 0.15) is 11.7 Å². The first-order valence-electron chi connectivity index (χ1n) is 8.26. The first-order chi connectivity index (χ1) is 11.4. The summed E-state index contributed by atoms with van der Waals surface area (Å²) >= 11 is 0. The van der Waals surface area contributed by atoms with Crippen molar-refractivity contribution >= 4 is 11.7 Å². The molecular formula is C17H21NO6. The summed E-state index contributed by atoms with van der Waals surface area (Å²) in [6.07, 6.45) is 3.46. The molecule has 7 heteroatoms. The minimum Gasteiger partial charge on any atom is -0.456 e. The molecule has 7 nitrogen and oxygen atoms in total. The van der Waals surface area contributed by atoms with Crippen LogP contribution in [-0.2, 0) is 4.74 Å². The van der Waals surface area contributed by atoms with Crippen LogP contribution in [0.5, 0.6) is 0 Å². The molecule has 3 atom stereocenters. The predicted octanol–water partition coefficient (Wildman–Crippen LogP) is 2.34. The fourth-order valence-corrected chi connectivity index (χ4v) is 3.95. The van der Waals surface area contributed by atoms with Crippen LogP contribution < -0.4 is 0 Å². The third-order valence-electron chi connectivity index (χ3n) is 5.36. The van der Waals surface area contributed by atoms with E-state index in [0.717, 1.165) is 12.8 Å². The quantitative estimate of drug-likeness (QED) is 0.498. The van der Waals surface area contributed by atoms with Crippen LogP contribution in [0.25, 0.3) is 0 Å². The van der Waals surface area contributed by atoms with E-state index in [4.69, 9.17) is 4.74 Å². The average molecular weight is 335 g/mol. The van der Waals surface area contributed by atoms with E-state index in [-0.39, 0.29) is 11.3 Å². The van der Waals surface area contributed by atoms with Gasteiger partial charge in [-0.05, 0) is 44.2 Å². The molecular weight excluding hydrogens is 314 g/mol. The van der Waals surface area contributed by atoms with Gasteiger partial charge < -0.3 is 14.9 Å². The van der Waals surface area contributed by atoms with Crippen LogP contribution in [-0.4, -0.2) is 38.4 Å². The van der Waals surface area contributed by atoms with Crippen LogP contribution in [0.4, 0.5) is 5.69 Å². The van der Waals surface area contributed by atoms with E-state index in [1.54, 1.807) is 0 Å². The van der Waals surface area contributed by atoms with Crippen molar-refractivity contribution in [1.82, 2.24) is 0 Å². The van der Waals surface area contributed by atoms with Crippen LogP contribution in [0.1, 0.15) is 55.3 Å². The molecule has 2 aliphatic carbocycles. The Hall–Kier alpha value is -1.99. The molecule has 130 valence electrons. The van der Waals surface area contributed by atoms with Crippen molar-refractivity contribution in [2.45, 2.75) is 62.3 Å². The number of esters is 1. The minimum atomic E-state index is -1.42. The van der Waals surface area contributed by atoms with Crippen molar-refractivity contribution < 1.29 is 24.7 Å². The number of hydrogen-bond donors (Lipinski definition) is 2. The van der Waals surface area contributed by atoms with E-state index < -0.39 is 28.2 Å². The second kappa shape index (κ2) is 6.14. The fourth-order valence-electron chi connectivity index (χ4n) is 3.95. The highest BCUT2D eigenvalue weighted by Crippen LogP contribution is 2.48. The summed E-state index contributed by atoms with van der Waals surface area (Å²) in [6, 6.07) is 5.15. The summed E-state index contributed by atoms with van der Waals surface area (Å²) in [5.41, 5.74) is -2.54. The molecule has 1 aromatic carbocycles. The van der Waals surface area contributed by atoms with Gasteiger partial charge in [-0.1, -0.05) is 12.8 Å². The Balaban J connectivity index is 1.76. The number of carbonyl (C=O) groups excluding carboxylic acids is 1. The lowest BCUT2D eigenvalue weighted by molar-refractivity contribution is -0.384. The summed E-state index contributed by atoms with van der Waals surface area (Å²) in [7, 11) is 0. The molecule has 2 aliphatic rings. The topological polar surface area (TPSA) is 110 Å². The lowest BCUT2D eigenvalue weighted by atomic mass is 9.62. The minimum absolute atomic E-state index is 0.107. The van der Waals surface area contributed by atoms with Crippen molar-refractivity contribution in [2.24, 2.45) is 0 Å². The normalized spacial score (nSPS) is 32.7. The van der Waals surface area contributed by atoms with Gasteiger partial charge in [-0.15, -0.1) is 0 Å². The molecule has 24 heavy (non-hydrogen) atoms. The number of carbonyl (C=O) groups is 1. The molecule has 3 rings (SSSR count). The fraction of sp³-hybridized carbons (Fsp3) is 0.588. The van der Waals surface area contributed by atoms with Crippen molar-refractivity contribution in [1.29, 1.82) is 0 Å². The molecule has 0 heterocycles. The highest BCUT2D eigenvalue weighted by Gasteiger charge is 2.58. The monoisotopic (exact) mass is 335 g/mol. The number of fused-ring (bicyclic) bond motifs is 1. The second-order valence-electron chi connectivity index (χ2n) is 6.75. The van der Waals surface area contributed by atoms with Gasteiger partial charge in [0.05, 0.1) is 16.1 Å². The number of benzene rings is 1. The molecule has 0 unspecified atom stereocenters. The molecule has 0 aliphatic heterocycles. The predicted molar refractivity (Wildman–Crippen MR) is 84.5 cm³/mol. The molecule has 2 N–H and O–H groups in total. The van der Waals surface area contributed by atoms with Crippen LogP contribution in [0, 0.1) is 10.1 Å². The van der Waals surface area contributed by atoms with Gasteiger partial charge in [0.2, 0.25) is 0 Å². The third kappa shape index (κ3) is 2.78. The molecule has 0 saturated heterocycles. The average Bonchev–Trinajstić information content (AvgIpc) is 2.56. The first-order valence-corrected chi connectivity index (χ1v) is 8.26.